The molecule has 0 nitrogen and oxygen atoms in total. The SMILES string of the molecule is Cc1cc(F)c(CCC2=CCSc3ccccc32)cc1F. The quantitative estimate of drug-likeness (QED) is 0.732. The first-order valence-electron chi connectivity index (χ1n) is 7.01. The predicted molar refractivity (Wildman–Crippen MR) is 84.6 cm³/mol. The minimum Gasteiger partial charge on any atom is -0.207 e. The summed E-state index contributed by atoms with van der Waals surface area (Å²) in [5, 5.41) is 0. The fourth-order valence-electron chi connectivity index (χ4n) is 2.58. The molecule has 21 heavy (non-hydrogen) atoms. The van der Waals surface area contributed by atoms with E-state index in [1.54, 1.807) is 6.92 Å². The van der Waals surface area contributed by atoms with E-state index in [0.29, 0.717) is 17.5 Å². The molecule has 0 aliphatic carbocycles. The first-order chi connectivity index (χ1) is 10.1. The molecule has 1 heterocycles. The van der Waals surface area contributed by atoms with E-state index in [9.17, 15) is 8.78 Å². The van der Waals surface area contributed by atoms with Crippen molar-refractivity contribution < 1.29 is 8.78 Å². The minimum absolute atomic E-state index is 0.312. The summed E-state index contributed by atoms with van der Waals surface area (Å²) in [7, 11) is 0. The molecule has 0 saturated heterocycles. The van der Waals surface area contributed by atoms with Crippen LogP contribution in [0.1, 0.15) is 23.1 Å². The van der Waals surface area contributed by atoms with Crippen LogP contribution in [0.4, 0.5) is 8.78 Å². The van der Waals surface area contributed by atoms with Crippen molar-refractivity contribution in [3.05, 3.63) is 70.8 Å². The highest BCUT2D eigenvalue weighted by Crippen LogP contribution is 2.35. The lowest BCUT2D eigenvalue weighted by Gasteiger charge is -2.17. The van der Waals surface area contributed by atoms with Gasteiger partial charge in [-0.15, -0.1) is 11.8 Å². The highest BCUT2D eigenvalue weighted by atomic mass is 32.2. The molecule has 2 aromatic carbocycles. The van der Waals surface area contributed by atoms with Gasteiger partial charge in [-0.25, -0.2) is 8.78 Å². The lowest BCUT2D eigenvalue weighted by Crippen LogP contribution is -1.99. The van der Waals surface area contributed by atoms with Gasteiger partial charge in [-0.05, 0) is 60.2 Å². The molecular formula is C18H16F2S. The maximum atomic E-state index is 13.9. The molecule has 0 aromatic heterocycles. The van der Waals surface area contributed by atoms with Gasteiger partial charge in [-0.1, -0.05) is 24.3 Å². The van der Waals surface area contributed by atoms with Gasteiger partial charge in [0.15, 0.2) is 0 Å². The second-order valence-corrected chi connectivity index (χ2v) is 6.29. The maximum absolute atomic E-state index is 13.9. The molecule has 3 rings (SSSR count). The molecule has 3 heteroatoms. The summed E-state index contributed by atoms with van der Waals surface area (Å²) >= 11 is 1.81. The van der Waals surface area contributed by atoms with Crippen LogP contribution >= 0.6 is 11.8 Å². The van der Waals surface area contributed by atoms with Crippen LogP contribution in [0.2, 0.25) is 0 Å². The summed E-state index contributed by atoms with van der Waals surface area (Å²) in [5.74, 6) is 0.296. The number of fused-ring (bicyclic) bond motifs is 1. The molecule has 0 spiro atoms. The van der Waals surface area contributed by atoms with Gasteiger partial charge in [0.05, 0.1) is 0 Å². The molecule has 108 valence electrons. The van der Waals surface area contributed by atoms with Crippen molar-refractivity contribution in [2.75, 3.05) is 5.75 Å². The van der Waals surface area contributed by atoms with Crippen LogP contribution < -0.4 is 0 Å². The zero-order valence-corrected chi connectivity index (χ0v) is 12.6. The van der Waals surface area contributed by atoms with E-state index in [4.69, 9.17) is 0 Å². The highest BCUT2D eigenvalue weighted by molar-refractivity contribution is 7.99. The maximum Gasteiger partial charge on any atom is 0.126 e. The number of hydrogen-bond donors (Lipinski definition) is 0. The number of thioether (sulfide) groups is 1. The second-order valence-electron chi connectivity index (χ2n) is 5.23. The average Bonchev–Trinajstić information content (AvgIpc) is 2.49. The largest absolute Gasteiger partial charge is 0.207 e. The summed E-state index contributed by atoms with van der Waals surface area (Å²) in [4.78, 5) is 1.27. The van der Waals surface area contributed by atoms with Gasteiger partial charge in [-0.2, -0.15) is 0 Å². The molecule has 0 radical (unpaired) electrons. The van der Waals surface area contributed by atoms with Crippen LogP contribution in [0.5, 0.6) is 0 Å². The molecule has 1 aliphatic rings. The lowest BCUT2D eigenvalue weighted by molar-refractivity contribution is 0.578. The second kappa shape index (κ2) is 6.02. The Kier molecular flexibility index (Phi) is 4.11. The van der Waals surface area contributed by atoms with E-state index in [2.05, 4.69) is 18.2 Å². The number of rotatable bonds is 3. The molecule has 0 fully saturated rings. The van der Waals surface area contributed by atoms with Crippen molar-refractivity contribution in [1.29, 1.82) is 0 Å². The van der Waals surface area contributed by atoms with Crippen LogP contribution in [0.15, 0.2) is 47.4 Å². The Morgan fingerprint density at radius 2 is 1.86 bits per heavy atom. The summed E-state index contributed by atoms with van der Waals surface area (Å²) in [5.41, 5.74) is 3.26. The van der Waals surface area contributed by atoms with Gasteiger partial charge in [0.25, 0.3) is 0 Å². The van der Waals surface area contributed by atoms with Gasteiger partial charge in [0.2, 0.25) is 0 Å². The fraction of sp³-hybridized carbons (Fsp3) is 0.222. The lowest BCUT2D eigenvalue weighted by atomic mass is 9.97. The van der Waals surface area contributed by atoms with Gasteiger partial charge in [0.1, 0.15) is 11.6 Å². The Bertz CT molecular complexity index is 704. The average molecular weight is 302 g/mol. The van der Waals surface area contributed by atoms with Crippen LogP contribution in [-0.4, -0.2) is 5.75 Å². The Hall–Kier alpha value is -1.61. The molecule has 2 aromatic rings. The smallest absolute Gasteiger partial charge is 0.126 e. The zero-order chi connectivity index (χ0) is 14.8. The molecule has 0 bridgehead atoms. The number of hydrogen-bond acceptors (Lipinski definition) is 1. The van der Waals surface area contributed by atoms with Crippen molar-refractivity contribution in [2.24, 2.45) is 0 Å². The van der Waals surface area contributed by atoms with Crippen LogP contribution in [0.3, 0.4) is 0 Å². The Morgan fingerprint density at radius 3 is 2.71 bits per heavy atom. The summed E-state index contributed by atoms with van der Waals surface area (Å²) in [6.07, 6.45) is 3.44. The number of halogens is 2. The zero-order valence-electron chi connectivity index (χ0n) is 11.8. The van der Waals surface area contributed by atoms with Gasteiger partial charge in [-0.3, -0.25) is 0 Å². The molecule has 0 atom stereocenters. The van der Waals surface area contributed by atoms with Crippen LogP contribution in [0.25, 0.3) is 5.57 Å². The third kappa shape index (κ3) is 3.03. The molecule has 0 saturated carbocycles. The molecule has 0 N–H and O–H groups in total. The number of benzene rings is 2. The Labute approximate surface area is 127 Å². The fourth-order valence-corrected chi connectivity index (χ4v) is 3.58. The standard InChI is InChI=1S/C18H16F2S/c1-12-10-17(20)14(11-16(12)19)7-6-13-8-9-21-18-5-3-2-4-15(13)18/h2-5,8,10-11H,6-7,9H2,1H3. The van der Waals surface area contributed by atoms with Crippen molar-refractivity contribution in [3.8, 4) is 0 Å². The van der Waals surface area contributed by atoms with Crippen molar-refractivity contribution >= 4 is 17.3 Å². The number of allylic oxidation sites excluding steroid dienone is 1. The molecule has 0 amide bonds. The topological polar surface area (TPSA) is 0 Å². The van der Waals surface area contributed by atoms with Crippen molar-refractivity contribution in [3.63, 3.8) is 0 Å². The van der Waals surface area contributed by atoms with E-state index < -0.39 is 0 Å². The number of aryl methyl sites for hydroxylation is 2. The summed E-state index contributed by atoms with van der Waals surface area (Å²) < 4.78 is 27.5. The van der Waals surface area contributed by atoms with Crippen LogP contribution in [-0.2, 0) is 6.42 Å². The molecule has 0 unspecified atom stereocenters. The van der Waals surface area contributed by atoms with E-state index in [-0.39, 0.29) is 11.6 Å². The van der Waals surface area contributed by atoms with E-state index in [1.807, 2.05) is 23.9 Å². The molecule has 1 aliphatic heterocycles. The third-order valence-corrected chi connectivity index (χ3v) is 4.79. The normalized spacial score (nSPS) is 13.8. The van der Waals surface area contributed by atoms with Crippen molar-refractivity contribution in [2.45, 2.75) is 24.7 Å². The van der Waals surface area contributed by atoms with E-state index in [1.165, 1.54) is 28.2 Å². The van der Waals surface area contributed by atoms with Gasteiger partial charge < -0.3 is 0 Å². The predicted octanol–water partition coefficient (Wildman–Crippen LogP) is 5.40. The first kappa shape index (κ1) is 14.3. The monoisotopic (exact) mass is 302 g/mol. The first-order valence-corrected chi connectivity index (χ1v) is 7.99. The minimum atomic E-state index is -0.333. The van der Waals surface area contributed by atoms with Crippen LogP contribution in [0, 0.1) is 18.6 Å². The third-order valence-electron chi connectivity index (χ3n) is 3.79. The summed E-state index contributed by atoms with van der Waals surface area (Å²) in [6, 6.07) is 10.9. The van der Waals surface area contributed by atoms with Gasteiger partial charge in [0, 0.05) is 10.6 Å². The molecular weight excluding hydrogens is 286 g/mol. The van der Waals surface area contributed by atoms with Gasteiger partial charge >= 0.3 is 0 Å². The highest BCUT2D eigenvalue weighted by Gasteiger charge is 2.14. The Balaban J connectivity index is 1.80. The van der Waals surface area contributed by atoms with Crippen molar-refractivity contribution in [1.82, 2.24) is 0 Å². The summed E-state index contributed by atoms with van der Waals surface area (Å²) in [6.45, 7) is 1.58. The Morgan fingerprint density at radius 1 is 1.05 bits per heavy atom. The van der Waals surface area contributed by atoms with E-state index >= 15 is 0 Å². The van der Waals surface area contributed by atoms with E-state index in [0.717, 1.165) is 12.2 Å².